The quantitative estimate of drug-likeness (QED) is 0.857. The fraction of sp³-hybridized carbons (Fsp3) is 0.550. The molecule has 25 heavy (non-hydrogen) atoms. The Morgan fingerprint density at radius 3 is 2.88 bits per heavy atom. The van der Waals surface area contributed by atoms with Crippen molar-refractivity contribution in [3.8, 4) is 0 Å². The second-order valence-corrected chi connectivity index (χ2v) is 7.26. The Bertz CT molecular complexity index is 735. The first kappa shape index (κ1) is 18.3. The van der Waals surface area contributed by atoms with Crippen molar-refractivity contribution >= 4 is 29.3 Å². The molecule has 0 bridgehead atoms. The van der Waals surface area contributed by atoms with Crippen LogP contribution in [-0.2, 0) is 24.1 Å². The number of aryl methyl sites for hydroxylation is 2. The highest BCUT2D eigenvalue weighted by Crippen LogP contribution is 2.30. The maximum absolute atomic E-state index is 12.3. The molecule has 1 aliphatic carbocycles. The molecule has 4 nitrogen and oxygen atoms in total. The van der Waals surface area contributed by atoms with Crippen molar-refractivity contribution in [3.63, 3.8) is 0 Å². The van der Waals surface area contributed by atoms with E-state index in [0.717, 1.165) is 55.4 Å². The molecule has 1 atom stereocenters. The first-order valence-corrected chi connectivity index (χ1v) is 9.29. The summed E-state index contributed by atoms with van der Waals surface area (Å²) in [4.78, 5) is 12.3. The maximum Gasteiger partial charge on any atom is 0.224 e. The number of hydrogen-bond donors (Lipinski definition) is 2. The number of benzene rings is 1. The second-order valence-electron chi connectivity index (χ2n) is 7.26. The molecular formula is C20H27ClN2O2. The van der Waals surface area contributed by atoms with Crippen molar-refractivity contribution in [3.05, 3.63) is 35.1 Å². The van der Waals surface area contributed by atoms with E-state index in [1.165, 1.54) is 30.4 Å². The van der Waals surface area contributed by atoms with Gasteiger partial charge in [0.1, 0.15) is 5.58 Å². The molecular weight excluding hydrogens is 336 g/mol. The van der Waals surface area contributed by atoms with Gasteiger partial charge in [-0.05, 0) is 80.8 Å². The van der Waals surface area contributed by atoms with E-state index >= 15 is 0 Å². The molecule has 0 saturated carbocycles. The number of hydrogen-bond acceptors (Lipinski definition) is 3. The molecule has 1 saturated heterocycles. The smallest absolute Gasteiger partial charge is 0.224 e. The molecule has 1 aromatic carbocycles. The largest absolute Gasteiger partial charge is 0.464 e. The number of fused-ring (bicyclic) bond motifs is 2. The van der Waals surface area contributed by atoms with E-state index in [-0.39, 0.29) is 18.3 Å². The molecule has 5 heteroatoms. The molecule has 2 aromatic rings. The molecule has 2 aliphatic rings. The number of halogens is 1. The first-order valence-electron chi connectivity index (χ1n) is 9.29. The third-order valence-corrected chi connectivity index (χ3v) is 5.49. The van der Waals surface area contributed by atoms with Gasteiger partial charge in [0.2, 0.25) is 5.91 Å². The Hall–Kier alpha value is -1.52. The van der Waals surface area contributed by atoms with Crippen molar-refractivity contribution in [2.75, 3.05) is 19.6 Å². The zero-order valence-electron chi connectivity index (χ0n) is 14.6. The molecule has 4 rings (SSSR count). The van der Waals surface area contributed by atoms with Gasteiger partial charge in [0.05, 0.1) is 12.7 Å². The average molecular weight is 363 g/mol. The summed E-state index contributed by atoms with van der Waals surface area (Å²) in [6.07, 6.45) is 9.30. The minimum Gasteiger partial charge on any atom is -0.464 e. The summed E-state index contributed by atoms with van der Waals surface area (Å²) in [6, 6.07) is 4.40. The van der Waals surface area contributed by atoms with Gasteiger partial charge >= 0.3 is 0 Å². The molecule has 1 fully saturated rings. The lowest BCUT2D eigenvalue weighted by atomic mass is 9.96. The molecule has 2 heterocycles. The molecule has 136 valence electrons. The number of carbonyl (C=O) groups is 1. The van der Waals surface area contributed by atoms with Crippen molar-refractivity contribution in [1.82, 2.24) is 10.6 Å². The first-order chi connectivity index (χ1) is 11.8. The summed E-state index contributed by atoms with van der Waals surface area (Å²) >= 11 is 0. The predicted octanol–water partition coefficient (Wildman–Crippen LogP) is 3.39. The summed E-state index contributed by atoms with van der Waals surface area (Å²) in [6.45, 7) is 3.00. The van der Waals surface area contributed by atoms with Crippen LogP contribution in [0.1, 0.15) is 42.4 Å². The highest BCUT2D eigenvalue weighted by molar-refractivity contribution is 5.88. The SMILES string of the molecule is Cl.O=C(Cc1coc2cc3c(cc12)CCC3)NCCC1CCCNC1. The van der Waals surface area contributed by atoms with Crippen LogP contribution < -0.4 is 10.6 Å². The molecule has 1 aromatic heterocycles. The van der Waals surface area contributed by atoms with Crippen LogP contribution in [0.15, 0.2) is 22.8 Å². The van der Waals surface area contributed by atoms with Crippen molar-refractivity contribution in [2.24, 2.45) is 5.92 Å². The Morgan fingerprint density at radius 2 is 2.08 bits per heavy atom. The number of piperidine rings is 1. The van der Waals surface area contributed by atoms with Gasteiger partial charge in [-0.3, -0.25) is 4.79 Å². The van der Waals surface area contributed by atoms with Crippen molar-refractivity contribution in [2.45, 2.75) is 44.9 Å². The summed E-state index contributed by atoms with van der Waals surface area (Å²) in [5.74, 6) is 0.804. The van der Waals surface area contributed by atoms with Gasteiger partial charge in [-0.1, -0.05) is 0 Å². The van der Waals surface area contributed by atoms with Gasteiger partial charge in [-0.15, -0.1) is 12.4 Å². The van der Waals surface area contributed by atoms with Gasteiger partial charge in [0.25, 0.3) is 0 Å². The van der Waals surface area contributed by atoms with E-state index in [1.54, 1.807) is 6.26 Å². The van der Waals surface area contributed by atoms with E-state index in [1.807, 2.05) is 0 Å². The minimum absolute atomic E-state index is 0. The standard InChI is InChI=1S/C20H26N2O2.ClH/c23-20(22-8-6-14-3-2-7-21-12-14)11-17-13-24-19-10-16-5-1-4-15(16)9-18(17)19;/h9-10,13-14,21H,1-8,11-12H2,(H,22,23);1H. The highest BCUT2D eigenvalue weighted by Gasteiger charge is 2.17. The lowest BCUT2D eigenvalue weighted by Gasteiger charge is -2.22. The zero-order chi connectivity index (χ0) is 16.4. The molecule has 1 amide bonds. The fourth-order valence-corrected chi connectivity index (χ4v) is 4.11. The third-order valence-electron chi connectivity index (χ3n) is 5.49. The average Bonchev–Trinajstić information content (AvgIpc) is 3.20. The van der Waals surface area contributed by atoms with Gasteiger partial charge in [-0.25, -0.2) is 0 Å². The molecule has 2 N–H and O–H groups in total. The molecule has 1 unspecified atom stereocenters. The van der Waals surface area contributed by atoms with Crippen LogP contribution in [0.2, 0.25) is 0 Å². The van der Waals surface area contributed by atoms with E-state index in [0.29, 0.717) is 12.3 Å². The van der Waals surface area contributed by atoms with Gasteiger partial charge in [0, 0.05) is 17.5 Å². The highest BCUT2D eigenvalue weighted by atomic mass is 35.5. The van der Waals surface area contributed by atoms with Crippen LogP contribution in [0.3, 0.4) is 0 Å². The minimum atomic E-state index is 0. The van der Waals surface area contributed by atoms with Crippen LogP contribution >= 0.6 is 12.4 Å². The number of nitrogens with one attached hydrogen (secondary N) is 2. The molecule has 0 spiro atoms. The van der Waals surface area contributed by atoms with E-state index in [4.69, 9.17) is 4.42 Å². The fourth-order valence-electron chi connectivity index (χ4n) is 4.11. The number of furan rings is 1. The van der Waals surface area contributed by atoms with Crippen LogP contribution in [0, 0.1) is 5.92 Å². The molecule has 0 radical (unpaired) electrons. The lowest BCUT2D eigenvalue weighted by molar-refractivity contribution is -0.120. The number of amides is 1. The molecule has 1 aliphatic heterocycles. The number of rotatable bonds is 5. The van der Waals surface area contributed by atoms with Gasteiger partial charge < -0.3 is 15.1 Å². The van der Waals surface area contributed by atoms with Crippen LogP contribution in [0.25, 0.3) is 11.0 Å². The summed E-state index contributed by atoms with van der Waals surface area (Å²) in [7, 11) is 0. The third kappa shape index (κ3) is 4.18. The summed E-state index contributed by atoms with van der Waals surface area (Å²) in [5.41, 5.74) is 4.77. The zero-order valence-corrected chi connectivity index (χ0v) is 15.4. The van der Waals surface area contributed by atoms with Crippen molar-refractivity contribution < 1.29 is 9.21 Å². The van der Waals surface area contributed by atoms with E-state index < -0.39 is 0 Å². The normalized spacial score (nSPS) is 19.4. The number of carbonyl (C=O) groups excluding carboxylic acids is 1. The van der Waals surface area contributed by atoms with Crippen molar-refractivity contribution in [1.29, 1.82) is 0 Å². The van der Waals surface area contributed by atoms with Crippen LogP contribution in [0.4, 0.5) is 0 Å². The topological polar surface area (TPSA) is 54.3 Å². The Labute approximate surface area is 155 Å². The predicted molar refractivity (Wildman–Crippen MR) is 102 cm³/mol. The summed E-state index contributed by atoms with van der Waals surface area (Å²) < 4.78 is 5.69. The van der Waals surface area contributed by atoms with Gasteiger partial charge in [0.15, 0.2) is 0 Å². The van der Waals surface area contributed by atoms with E-state index in [9.17, 15) is 4.79 Å². The lowest BCUT2D eigenvalue weighted by Crippen LogP contribution is -2.33. The van der Waals surface area contributed by atoms with Gasteiger partial charge in [-0.2, -0.15) is 0 Å². The monoisotopic (exact) mass is 362 g/mol. The Balaban J connectivity index is 0.00000182. The van der Waals surface area contributed by atoms with E-state index in [2.05, 4.69) is 22.8 Å². The van der Waals surface area contributed by atoms with Crippen LogP contribution in [0.5, 0.6) is 0 Å². The Morgan fingerprint density at radius 1 is 1.24 bits per heavy atom. The maximum atomic E-state index is 12.3. The summed E-state index contributed by atoms with van der Waals surface area (Å²) in [5, 5.41) is 7.61. The van der Waals surface area contributed by atoms with Crippen LogP contribution in [-0.4, -0.2) is 25.5 Å². The Kier molecular flexibility index (Phi) is 6.02. The second kappa shape index (κ2) is 8.24.